The van der Waals surface area contributed by atoms with Crippen LogP contribution in [0.1, 0.15) is 12.7 Å². The zero-order valence-electron chi connectivity index (χ0n) is 15.9. The van der Waals surface area contributed by atoms with E-state index >= 15 is 0 Å². The van der Waals surface area contributed by atoms with Gasteiger partial charge < -0.3 is 14.7 Å². The molecule has 0 fully saturated rings. The molecule has 9 nitrogen and oxygen atoms in total. The Morgan fingerprint density at radius 1 is 1.17 bits per heavy atom. The van der Waals surface area contributed by atoms with Gasteiger partial charge in [0.05, 0.1) is 10.6 Å². The van der Waals surface area contributed by atoms with Crippen molar-refractivity contribution in [1.82, 2.24) is 15.1 Å². The minimum Gasteiger partial charge on any atom is -0.360 e. The molecule has 0 atom stereocenters. The van der Waals surface area contributed by atoms with Gasteiger partial charge in [-0.25, -0.2) is 9.97 Å². The summed E-state index contributed by atoms with van der Waals surface area (Å²) in [7, 11) is 0. The standard InChI is InChI=1S/C20H18N6O3/c1-3-25(16-10-6-8-14-7-4-5-9-15(14)16)20-18(26(27)28)19(21-12-22-20)23-17-11-13(2)29-24-17/h4-12H,3H2,1-2H3,(H,21,22,23,24). The average molecular weight is 390 g/mol. The number of fused-ring (bicyclic) bond motifs is 1. The third kappa shape index (κ3) is 3.45. The highest BCUT2D eigenvalue weighted by atomic mass is 16.6. The summed E-state index contributed by atoms with van der Waals surface area (Å²) in [5.74, 6) is 1.16. The lowest BCUT2D eigenvalue weighted by molar-refractivity contribution is -0.383. The number of hydrogen-bond acceptors (Lipinski definition) is 8. The molecule has 2 aromatic heterocycles. The molecule has 1 N–H and O–H groups in total. The van der Waals surface area contributed by atoms with Gasteiger partial charge in [-0.2, -0.15) is 0 Å². The molecular formula is C20H18N6O3. The third-order valence-corrected chi connectivity index (χ3v) is 4.49. The third-order valence-electron chi connectivity index (χ3n) is 4.49. The van der Waals surface area contributed by atoms with E-state index in [9.17, 15) is 10.1 Å². The lowest BCUT2D eigenvalue weighted by Crippen LogP contribution is -2.20. The first-order valence-corrected chi connectivity index (χ1v) is 9.03. The fourth-order valence-electron chi connectivity index (χ4n) is 3.25. The molecule has 0 aliphatic rings. The molecule has 0 unspecified atom stereocenters. The molecule has 0 aliphatic carbocycles. The molecule has 0 saturated carbocycles. The molecular weight excluding hydrogens is 372 g/mol. The van der Waals surface area contributed by atoms with E-state index in [0.717, 1.165) is 16.5 Å². The molecule has 0 radical (unpaired) electrons. The van der Waals surface area contributed by atoms with Crippen molar-refractivity contribution in [3.63, 3.8) is 0 Å². The van der Waals surface area contributed by atoms with Crippen molar-refractivity contribution >= 4 is 39.6 Å². The number of aryl methyl sites for hydroxylation is 1. The minimum atomic E-state index is -0.488. The smallest absolute Gasteiger partial charge is 0.354 e. The van der Waals surface area contributed by atoms with Gasteiger partial charge in [-0.1, -0.05) is 41.6 Å². The Bertz CT molecular complexity index is 1180. The van der Waals surface area contributed by atoms with Crippen molar-refractivity contribution in [1.29, 1.82) is 0 Å². The van der Waals surface area contributed by atoms with Crippen LogP contribution in [0.2, 0.25) is 0 Å². The zero-order chi connectivity index (χ0) is 20.4. The van der Waals surface area contributed by atoms with Gasteiger partial charge >= 0.3 is 5.69 Å². The van der Waals surface area contributed by atoms with Gasteiger partial charge in [0.2, 0.25) is 11.6 Å². The quantitative estimate of drug-likeness (QED) is 0.371. The largest absolute Gasteiger partial charge is 0.360 e. The molecule has 146 valence electrons. The van der Waals surface area contributed by atoms with Crippen molar-refractivity contribution in [3.05, 3.63) is 70.7 Å². The molecule has 2 aromatic carbocycles. The van der Waals surface area contributed by atoms with E-state index in [0.29, 0.717) is 18.1 Å². The number of hydrogen-bond donors (Lipinski definition) is 1. The first-order chi connectivity index (χ1) is 14.1. The molecule has 0 aliphatic heterocycles. The number of benzene rings is 2. The summed E-state index contributed by atoms with van der Waals surface area (Å²) in [6.07, 6.45) is 1.30. The van der Waals surface area contributed by atoms with Crippen LogP contribution in [-0.4, -0.2) is 26.6 Å². The predicted molar refractivity (Wildman–Crippen MR) is 110 cm³/mol. The predicted octanol–water partition coefficient (Wildman–Crippen LogP) is 4.74. The summed E-state index contributed by atoms with van der Waals surface area (Å²) in [5.41, 5.74) is 0.596. The van der Waals surface area contributed by atoms with Crippen LogP contribution >= 0.6 is 0 Å². The van der Waals surface area contributed by atoms with Crippen LogP contribution in [0, 0.1) is 17.0 Å². The Hall–Kier alpha value is -4.01. The van der Waals surface area contributed by atoms with Crippen LogP contribution in [0.4, 0.5) is 28.8 Å². The summed E-state index contributed by atoms with van der Waals surface area (Å²) in [6, 6.07) is 15.4. The molecule has 4 rings (SSSR count). The van der Waals surface area contributed by atoms with Gasteiger partial charge in [-0.3, -0.25) is 10.1 Å². The average Bonchev–Trinajstić information content (AvgIpc) is 3.13. The van der Waals surface area contributed by atoms with Gasteiger partial charge in [-0.15, -0.1) is 0 Å². The van der Waals surface area contributed by atoms with Crippen molar-refractivity contribution in [2.24, 2.45) is 0 Å². The summed E-state index contributed by atoms with van der Waals surface area (Å²) in [5, 5.41) is 20.7. The first-order valence-electron chi connectivity index (χ1n) is 9.03. The minimum absolute atomic E-state index is 0.0481. The molecule has 9 heteroatoms. The van der Waals surface area contributed by atoms with E-state index in [-0.39, 0.29) is 17.3 Å². The van der Waals surface area contributed by atoms with Crippen LogP contribution in [-0.2, 0) is 0 Å². The van der Waals surface area contributed by atoms with Crippen LogP contribution < -0.4 is 10.2 Å². The first kappa shape index (κ1) is 18.4. The number of nitro groups is 1. The Labute approximate surface area is 166 Å². The van der Waals surface area contributed by atoms with Gasteiger partial charge in [-0.05, 0) is 25.3 Å². The van der Waals surface area contributed by atoms with E-state index in [1.807, 2.05) is 49.4 Å². The van der Waals surface area contributed by atoms with Gasteiger partial charge in [0, 0.05) is 18.0 Å². The maximum Gasteiger partial charge on any atom is 0.354 e. The van der Waals surface area contributed by atoms with Crippen LogP contribution in [0.5, 0.6) is 0 Å². The summed E-state index contributed by atoms with van der Waals surface area (Å²) in [4.78, 5) is 21.6. The topological polar surface area (TPSA) is 110 Å². The highest BCUT2D eigenvalue weighted by Gasteiger charge is 2.28. The SMILES string of the molecule is CCN(c1ncnc(Nc2cc(C)on2)c1[N+](=O)[O-])c1cccc2ccccc12. The monoisotopic (exact) mass is 390 g/mol. The van der Waals surface area contributed by atoms with Crippen molar-refractivity contribution in [2.45, 2.75) is 13.8 Å². The fourth-order valence-corrected chi connectivity index (χ4v) is 3.25. The Kier molecular flexibility index (Phi) is 4.78. The van der Waals surface area contributed by atoms with Gasteiger partial charge in [0.15, 0.2) is 5.82 Å². The van der Waals surface area contributed by atoms with Crippen molar-refractivity contribution in [3.8, 4) is 0 Å². The maximum absolute atomic E-state index is 12.0. The maximum atomic E-state index is 12.0. The fraction of sp³-hybridized carbons (Fsp3) is 0.150. The van der Waals surface area contributed by atoms with Crippen molar-refractivity contribution < 1.29 is 9.45 Å². The highest BCUT2D eigenvalue weighted by Crippen LogP contribution is 2.39. The second kappa shape index (κ2) is 7.55. The summed E-state index contributed by atoms with van der Waals surface area (Å²) < 4.78 is 5.02. The Morgan fingerprint density at radius 3 is 2.69 bits per heavy atom. The summed E-state index contributed by atoms with van der Waals surface area (Å²) >= 11 is 0. The number of rotatable bonds is 6. The van der Waals surface area contributed by atoms with E-state index in [2.05, 4.69) is 20.4 Å². The van der Waals surface area contributed by atoms with E-state index in [4.69, 9.17) is 4.52 Å². The number of anilines is 4. The molecule has 0 saturated heterocycles. The number of nitrogens with one attached hydrogen (secondary N) is 1. The van der Waals surface area contributed by atoms with Gasteiger partial charge in [0.25, 0.3) is 0 Å². The summed E-state index contributed by atoms with van der Waals surface area (Å²) in [6.45, 7) is 4.13. The van der Waals surface area contributed by atoms with Crippen LogP contribution in [0.3, 0.4) is 0 Å². The van der Waals surface area contributed by atoms with Crippen molar-refractivity contribution in [2.75, 3.05) is 16.8 Å². The lowest BCUT2D eigenvalue weighted by Gasteiger charge is -2.23. The normalized spacial score (nSPS) is 10.8. The molecule has 4 aromatic rings. The zero-order valence-corrected chi connectivity index (χ0v) is 15.9. The lowest BCUT2D eigenvalue weighted by atomic mass is 10.1. The molecule has 0 bridgehead atoms. The van der Waals surface area contributed by atoms with E-state index in [1.54, 1.807) is 17.9 Å². The molecule has 0 amide bonds. The molecule has 0 spiro atoms. The molecule has 2 heterocycles. The number of aromatic nitrogens is 3. The van der Waals surface area contributed by atoms with Gasteiger partial charge in [0.1, 0.15) is 12.1 Å². The highest BCUT2D eigenvalue weighted by molar-refractivity contribution is 5.96. The second-order valence-corrected chi connectivity index (χ2v) is 6.34. The van der Waals surface area contributed by atoms with Crippen LogP contribution in [0.15, 0.2) is 59.4 Å². The second-order valence-electron chi connectivity index (χ2n) is 6.34. The van der Waals surface area contributed by atoms with Crippen LogP contribution in [0.25, 0.3) is 10.8 Å². The number of nitrogens with zero attached hydrogens (tertiary/aromatic N) is 5. The van der Waals surface area contributed by atoms with E-state index < -0.39 is 4.92 Å². The van der Waals surface area contributed by atoms with E-state index in [1.165, 1.54) is 6.33 Å². The Morgan fingerprint density at radius 2 is 1.97 bits per heavy atom. The molecule has 29 heavy (non-hydrogen) atoms. The Balaban J connectivity index is 1.86.